The predicted molar refractivity (Wildman–Crippen MR) is 45.7 cm³/mol. The number of hydrogen-bond acceptors (Lipinski definition) is 2. The Morgan fingerprint density at radius 3 is 2.36 bits per heavy atom. The first-order chi connectivity index (χ1) is 5.02. The molecule has 0 aliphatic rings. The molecule has 0 heterocycles. The Hall–Kier alpha value is -0.240. The van der Waals surface area contributed by atoms with Gasteiger partial charge in [0.1, 0.15) is 0 Å². The van der Waals surface area contributed by atoms with Crippen molar-refractivity contribution in [2.24, 2.45) is 5.92 Å². The molecule has 0 saturated heterocycles. The van der Waals surface area contributed by atoms with E-state index in [4.69, 9.17) is 16.3 Å². The molecule has 0 spiro atoms. The molecular weight excluding hydrogens is 164 g/mol. The smallest absolute Gasteiger partial charge is 0.307 e. The van der Waals surface area contributed by atoms with Crippen LogP contribution in [0.1, 0.15) is 27.2 Å². The van der Waals surface area contributed by atoms with Crippen molar-refractivity contribution < 1.29 is 9.53 Å². The van der Waals surface area contributed by atoms with E-state index in [9.17, 15) is 4.79 Å². The van der Waals surface area contributed by atoms with Crippen LogP contribution in [0.4, 0.5) is 0 Å². The van der Waals surface area contributed by atoms with Crippen molar-refractivity contribution in [2.75, 3.05) is 6.61 Å². The van der Waals surface area contributed by atoms with E-state index in [2.05, 4.69) is 0 Å². The van der Waals surface area contributed by atoms with Crippen molar-refractivity contribution in [2.45, 2.75) is 32.6 Å². The summed E-state index contributed by atoms with van der Waals surface area (Å²) in [6.45, 7) is 6.26. The first kappa shape index (κ1) is 10.8. The monoisotopic (exact) mass is 178 g/mol. The number of ether oxygens (including phenoxy) is 1. The summed E-state index contributed by atoms with van der Waals surface area (Å²) >= 11 is 5.59. The van der Waals surface area contributed by atoms with Crippen molar-refractivity contribution in [3.05, 3.63) is 0 Å². The van der Waals surface area contributed by atoms with Gasteiger partial charge in [0.05, 0.1) is 13.0 Å². The van der Waals surface area contributed by atoms with Gasteiger partial charge in [-0.3, -0.25) is 4.79 Å². The van der Waals surface area contributed by atoms with Crippen molar-refractivity contribution >= 4 is 17.6 Å². The molecule has 0 aromatic heterocycles. The van der Waals surface area contributed by atoms with Crippen molar-refractivity contribution in [1.29, 1.82) is 0 Å². The molecule has 0 bridgehead atoms. The first-order valence-electron chi connectivity index (χ1n) is 3.82. The van der Waals surface area contributed by atoms with Crippen LogP contribution in [-0.2, 0) is 9.53 Å². The largest absolute Gasteiger partial charge is 0.465 e. The molecule has 1 atom stereocenters. The molecule has 1 unspecified atom stereocenters. The minimum Gasteiger partial charge on any atom is -0.465 e. The van der Waals surface area contributed by atoms with E-state index in [-0.39, 0.29) is 11.3 Å². The lowest BCUT2D eigenvalue weighted by Gasteiger charge is -2.07. The van der Waals surface area contributed by atoms with Crippen LogP contribution in [0, 0.1) is 5.92 Å². The first-order valence-corrected chi connectivity index (χ1v) is 4.25. The topological polar surface area (TPSA) is 26.3 Å². The van der Waals surface area contributed by atoms with Gasteiger partial charge in [-0.05, 0) is 12.8 Å². The fourth-order valence-electron chi connectivity index (χ4n) is 0.548. The highest BCUT2D eigenvalue weighted by molar-refractivity contribution is 6.21. The number of halogens is 1. The highest BCUT2D eigenvalue weighted by Gasteiger charge is 2.07. The van der Waals surface area contributed by atoms with Crippen LogP contribution < -0.4 is 0 Å². The predicted octanol–water partition coefficient (Wildman–Crippen LogP) is 2.20. The lowest BCUT2D eigenvalue weighted by atomic mass is 10.2. The number of hydrogen-bond donors (Lipinski definition) is 0. The van der Waals surface area contributed by atoms with Crippen molar-refractivity contribution in [3.63, 3.8) is 0 Å². The number of esters is 1. The molecule has 0 rings (SSSR count). The van der Waals surface area contributed by atoms with Crippen LogP contribution in [-0.4, -0.2) is 18.0 Å². The molecule has 2 nitrogen and oxygen atoms in total. The van der Waals surface area contributed by atoms with Crippen LogP contribution in [0.3, 0.4) is 0 Å². The summed E-state index contributed by atoms with van der Waals surface area (Å²) in [5.74, 6) is 0.186. The molecule has 0 aromatic carbocycles. The number of carbonyl (C=O) groups excluding carboxylic acids is 1. The van der Waals surface area contributed by atoms with Crippen molar-refractivity contribution in [3.8, 4) is 0 Å². The Kier molecular flexibility index (Phi) is 5.30. The maximum absolute atomic E-state index is 10.9. The Labute approximate surface area is 72.9 Å². The summed E-state index contributed by atoms with van der Waals surface area (Å²) < 4.78 is 4.89. The Morgan fingerprint density at radius 2 is 2.00 bits per heavy atom. The standard InChI is InChI=1S/C8H15ClO2/c1-6(2)5-11-8(10)4-7(3)9/h6-7H,4-5H2,1-3H3. The third-order valence-corrected chi connectivity index (χ3v) is 1.18. The van der Waals surface area contributed by atoms with Gasteiger partial charge in [-0.15, -0.1) is 11.6 Å². The van der Waals surface area contributed by atoms with Crippen molar-refractivity contribution in [1.82, 2.24) is 0 Å². The third-order valence-electron chi connectivity index (χ3n) is 1.03. The number of carbonyl (C=O) groups is 1. The molecule has 11 heavy (non-hydrogen) atoms. The van der Waals surface area contributed by atoms with E-state index in [1.54, 1.807) is 6.92 Å². The molecule has 3 heteroatoms. The third kappa shape index (κ3) is 7.66. The average molecular weight is 179 g/mol. The zero-order valence-corrected chi connectivity index (χ0v) is 8.02. The van der Waals surface area contributed by atoms with Gasteiger partial charge >= 0.3 is 5.97 Å². The van der Waals surface area contributed by atoms with Gasteiger partial charge in [0.2, 0.25) is 0 Å². The number of alkyl halides is 1. The fraction of sp³-hybridized carbons (Fsp3) is 0.875. The van der Waals surface area contributed by atoms with E-state index in [0.717, 1.165) is 0 Å². The Balaban J connectivity index is 3.38. The second kappa shape index (κ2) is 5.42. The highest BCUT2D eigenvalue weighted by atomic mass is 35.5. The maximum atomic E-state index is 10.9. The van der Waals surface area contributed by atoms with E-state index in [0.29, 0.717) is 18.9 Å². The molecule has 66 valence electrons. The second-order valence-electron chi connectivity index (χ2n) is 3.06. The van der Waals surface area contributed by atoms with Gasteiger partial charge in [-0.1, -0.05) is 13.8 Å². The highest BCUT2D eigenvalue weighted by Crippen LogP contribution is 2.02. The van der Waals surface area contributed by atoms with Crippen LogP contribution in [0.2, 0.25) is 0 Å². The van der Waals surface area contributed by atoms with Gasteiger partial charge in [-0.2, -0.15) is 0 Å². The Morgan fingerprint density at radius 1 is 1.45 bits per heavy atom. The summed E-state index contributed by atoms with van der Waals surface area (Å²) in [6, 6.07) is 0. The molecule has 0 radical (unpaired) electrons. The molecule has 0 N–H and O–H groups in total. The molecular formula is C8H15ClO2. The minimum atomic E-state index is -0.207. The van der Waals surface area contributed by atoms with E-state index in [1.807, 2.05) is 13.8 Å². The molecule has 0 saturated carbocycles. The van der Waals surface area contributed by atoms with Crippen LogP contribution in [0.15, 0.2) is 0 Å². The maximum Gasteiger partial charge on any atom is 0.307 e. The average Bonchev–Trinajstić information content (AvgIpc) is 1.82. The quantitative estimate of drug-likeness (QED) is 0.488. The normalized spacial score (nSPS) is 13.2. The van der Waals surface area contributed by atoms with E-state index >= 15 is 0 Å². The Bertz CT molecular complexity index is 121. The molecule has 0 aliphatic carbocycles. The second-order valence-corrected chi connectivity index (χ2v) is 3.81. The molecule has 0 aromatic rings. The summed E-state index contributed by atoms with van der Waals surface area (Å²) in [5, 5.41) is -0.130. The van der Waals surface area contributed by atoms with Gasteiger partial charge in [0, 0.05) is 5.38 Å². The van der Waals surface area contributed by atoms with E-state index in [1.165, 1.54) is 0 Å². The lowest BCUT2D eigenvalue weighted by Crippen LogP contribution is -2.12. The van der Waals surface area contributed by atoms with Gasteiger partial charge in [-0.25, -0.2) is 0 Å². The minimum absolute atomic E-state index is 0.130. The zero-order chi connectivity index (χ0) is 8.85. The van der Waals surface area contributed by atoms with Crippen LogP contribution in [0.5, 0.6) is 0 Å². The van der Waals surface area contributed by atoms with Crippen LogP contribution >= 0.6 is 11.6 Å². The summed E-state index contributed by atoms with van der Waals surface area (Å²) in [4.78, 5) is 10.9. The summed E-state index contributed by atoms with van der Waals surface area (Å²) in [7, 11) is 0. The van der Waals surface area contributed by atoms with E-state index < -0.39 is 0 Å². The SMILES string of the molecule is CC(C)COC(=O)CC(C)Cl. The van der Waals surface area contributed by atoms with Gasteiger partial charge in [0.15, 0.2) is 0 Å². The van der Waals surface area contributed by atoms with Gasteiger partial charge < -0.3 is 4.74 Å². The summed E-state index contributed by atoms with van der Waals surface area (Å²) in [5.41, 5.74) is 0. The molecule has 0 amide bonds. The van der Waals surface area contributed by atoms with Crippen LogP contribution in [0.25, 0.3) is 0 Å². The zero-order valence-electron chi connectivity index (χ0n) is 7.26. The molecule has 0 aliphatic heterocycles. The van der Waals surface area contributed by atoms with Gasteiger partial charge in [0.25, 0.3) is 0 Å². The lowest BCUT2D eigenvalue weighted by molar-refractivity contribution is -0.144. The number of rotatable bonds is 4. The molecule has 0 fully saturated rings. The summed E-state index contributed by atoms with van der Waals surface area (Å²) in [6.07, 6.45) is 0.300. The fourth-order valence-corrected chi connectivity index (χ4v) is 0.674.